The standard InChI is InChI=1S/C8H18FN/c1-3-5-7-10(4-2)8-6-9/h3-8H2,1-2H3. The van der Waals surface area contributed by atoms with Gasteiger partial charge < -0.3 is 4.90 Å². The Balaban J connectivity index is 3.21. The van der Waals surface area contributed by atoms with Crippen LogP contribution in [0.5, 0.6) is 0 Å². The van der Waals surface area contributed by atoms with Gasteiger partial charge in [-0.2, -0.15) is 0 Å². The third-order valence-corrected chi connectivity index (χ3v) is 1.68. The smallest absolute Gasteiger partial charge is 0.102 e. The summed E-state index contributed by atoms with van der Waals surface area (Å²) in [5.41, 5.74) is 0. The van der Waals surface area contributed by atoms with E-state index < -0.39 is 0 Å². The van der Waals surface area contributed by atoms with Crippen LogP contribution in [-0.4, -0.2) is 31.2 Å². The number of unbranched alkanes of at least 4 members (excludes halogenated alkanes) is 1. The number of hydrogen-bond donors (Lipinski definition) is 0. The van der Waals surface area contributed by atoms with Crippen molar-refractivity contribution in [2.24, 2.45) is 0 Å². The molecule has 2 heteroatoms. The highest BCUT2D eigenvalue weighted by atomic mass is 19.1. The normalized spacial score (nSPS) is 10.8. The SMILES string of the molecule is CCCCN(CC)CCF. The van der Waals surface area contributed by atoms with Crippen molar-refractivity contribution < 1.29 is 4.39 Å². The van der Waals surface area contributed by atoms with E-state index >= 15 is 0 Å². The molecule has 0 saturated carbocycles. The van der Waals surface area contributed by atoms with Crippen molar-refractivity contribution >= 4 is 0 Å². The molecule has 0 aromatic heterocycles. The highest BCUT2D eigenvalue weighted by Gasteiger charge is 1.98. The average molecular weight is 147 g/mol. The topological polar surface area (TPSA) is 3.24 Å². The maximum atomic E-state index is 11.8. The van der Waals surface area contributed by atoms with Gasteiger partial charge in [-0.3, -0.25) is 0 Å². The first-order chi connectivity index (χ1) is 4.85. The first-order valence-electron chi connectivity index (χ1n) is 4.13. The fourth-order valence-electron chi connectivity index (χ4n) is 0.929. The van der Waals surface area contributed by atoms with Crippen LogP contribution in [0.2, 0.25) is 0 Å². The highest BCUT2D eigenvalue weighted by molar-refractivity contribution is 4.52. The zero-order valence-electron chi connectivity index (χ0n) is 7.07. The van der Waals surface area contributed by atoms with Crippen LogP contribution >= 0.6 is 0 Å². The molecule has 0 heterocycles. The van der Waals surface area contributed by atoms with Crippen molar-refractivity contribution in [2.75, 3.05) is 26.3 Å². The van der Waals surface area contributed by atoms with Gasteiger partial charge in [0.25, 0.3) is 0 Å². The van der Waals surface area contributed by atoms with Gasteiger partial charge in [0.1, 0.15) is 6.67 Å². The Hall–Kier alpha value is -0.110. The third kappa shape index (κ3) is 4.74. The lowest BCUT2D eigenvalue weighted by Gasteiger charge is -2.17. The molecule has 0 rings (SSSR count). The van der Waals surface area contributed by atoms with E-state index in [4.69, 9.17) is 0 Å². The van der Waals surface area contributed by atoms with Crippen LogP contribution in [0.25, 0.3) is 0 Å². The van der Waals surface area contributed by atoms with Crippen LogP contribution in [0, 0.1) is 0 Å². The highest BCUT2D eigenvalue weighted by Crippen LogP contribution is 1.93. The minimum atomic E-state index is -0.211. The second-order valence-corrected chi connectivity index (χ2v) is 2.48. The summed E-state index contributed by atoms with van der Waals surface area (Å²) in [6.45, 7) is 6.66. The molecule has 0 bridgehead atoms. The molecule has 62 valence electrons. The molecule has 0 aromatic rings. The Morgan fingerprint density at radius 3 is 2.30 bits per heavy atom. The molecule has 0 amide bonds. The van der Waals surface area contributed by atoms with Crippen molar-refractivity contribution in [1.82, 2.24) is 4.90 Å². The van der Waals surface area contributed by atoms with Crippen molar-refractivity contribution in [3.63, 3.8) is 0 Å². The summed E-state index contributed by atoms with van der Waals surface area (Å²) >= 11 is 0. The van der Waals surface area contributed by atoms with E-state index in [1.807, 2.05) is 0 Å². The van der Waals surface area contributed by atoms with Gasteiger partial charge in [-0.1, -0.05) is 20.3 Å². The quantitative estimate of drug-likeness (QED) is 0.556. The second-order valence-electron chi connectivity index (χ2n) is 2.48. The summed E-state index contributed by atoms with van der Waals surface area (Å²) in [7, 11) is 0. The summed E-state index contributed by atoms with van der Waals surface area (Å²) in [6, 6.07) is 0. The van der Waals surface area contributed by atoms with Gasteiger partial charge in [0, 0.05) is 6.54 Å². The number of halogens is 1. The Morgan fingerprint density at radius 1 is 1.20 bits per heavy atom. The van der Waals surface area contributed by atoms with E-state index in [1.54, 1.807) is 0 Å². The van der Waals surface area contributed by atoms with Gasteiger partial charge in [-0.05, 0) is 19.5 Å². The van der Waals surface area contributed by atoms with E-state index in [0.29, 0.717) is 6.54 Å². The Labute approximate surface area is 63.2 Å². The van der Waals surface area contributed by atoms with Crippen molar-refractivity contribution in [3.05, 3.63) is 0 Å². The molecule has 0 atom stereocenters. The van der Waals surface area contributed by atoms with Crippen molar-refractivity contribution in [1.29, 1.82) is 0 Å². The van der Waals surface area contributed by atoms with Crippen LogP contribution in [0.4, 0.5) is 4.39 Å². The fourth-order valence-corrected chi connectivity index (χ4v) is 0.929. The zero-order chi connectivity index (χ0) is 7.82. The predicted molar refractivity (Wildman–Crippen MR) is 43.0 cm³/mol. The molecule has 0 aliphatic carbocycles. The van der Waals surface area contributed by atoms with E-state index in [9.17, 15) is 4.39 Å². The Morgan fingerprint density at radius 2 is 1.90 bits per heavy atom. The first kappa shape index (κ1) is 9.89. The van der Waals surface area contributed by atoms with Crippen LogP contribution in [0.3, 0.4) is 0 Å². The maximum absolute atomic E-state index is 11.8. The molecule has 0 fully saturated rings. The molecule has 0 N–H and O–H groups in total. The predicted octanol–water partition coefficient (Wildman–Crippen LogP) is 2.08. The number of rotatable bonds is 6. The monoisotopic (exact) mass is 147 g/mol. The van der Waals surface area contributed by atoms with Gasteiger partial charge in [-0.15, -0.1) is 0 Å². The Kier molecular flexibility index (Phi) is 6.93. The largest absolute Gasteiger partial charge is 0.301 e. The van der Waals surface area contributed by atoms with Gasteiger partial charge in [0.15, 0.2) is 0 Å². The summed E-state index contributed by atoms with van der Waals surface area (Å²) in [4.78, 5) is 2.14. The fraction of sp³-hybridized carbons (Fsp3) is 1.00. The van der Waals surface area contributed by atoms with Crippen LogP contribution in [0.1, 0.15) is 26.7 Å². The Bertz CT molecular complexity index is 66.3. The number of nitrogens with zero attached hydrogens (tertiary/aromatic N) is 1. The molecule has 0 aromatic carbocycles. The molecule has 0 saturated heterocycles. The van der Waals surface area contributed by atoms with E-state index in [-0.39, 0.29) is 6.67 Å². The lowest BCUT2D eigenvalue weighted by atomic mass is 10.3. The van der Waals surface area contributed by atoms with Crippen molar-refractivity contribution in [3.8, 4) is 0 Å². The van der Waals surface area contributed by atoms with Gasteiger partial charge in [-0.25, -0.2) is 4.39 Å². The average Bonchev–Trinajstić information content (AvgIpc) is 1.98. The lowest BCUT2D eigenvalue weighted by molar-refractivity contribution is 0.256. The summed E-state index contributed by atoms with van der Waals surface area (Å²) in [5.74, 6) is 0. The van der Waals surface area contributed by atoms with Crippen molar-refractivity contribution in [2.45, 2.75) is 26.7 Å². The summed E-state index contributed by atoms with van der Waals surface area (Å²) in [6.07, 6.45) is 2.39. The van der Waals surface area contributed by atoms with E-state index in [0.717, 1.165) is 13.1 Å². The summed E-state index contributed by atoms with van der Waals surface area (Å²) < 4.78 is 11.8. The molecular weight excluding hydrogens is 129 g/mol. The molecule has 10 heavy (non-hydrogen) atoms. The van der Waals surface area contributed by atoms with Gasteiger partial charge in [0.05, 0.1) is 0 Å². The molecule has 1 nitrogen and oxygen atoms in total. The van der Waals surface area contributed by atoms with E-state index in [1.165, 1.54) is 12.8 Å². The molecule has 0 radical (unpaired) electrons. The molecular formula is C8H18FN. The van der Waals surface area contributed by atoms with Gasteiger partial charge in [0.2, 0.25) is 0 Å². The van der Waals surface area contributed by atoms with Crippen LogP contribution in [-0.2, 0) is 0 Å². The molecule has 0 aliphatic heterocycles. The van der Waals surface area contributed by atoms with Gasteiger partial charge >= 0.3 is 0 Å². The maximum Gasteiger partial charge on any atom is 0.102 e. The lowest BCUT2D eigenvalue weighted by Crippen LogP contribution is -2.26. The molecule has 0 spiro atoms. The number of hydrogen-bond acceptors (Lipinski definition) is 1. The minimum Gasteiger partial charge on any atom is -0.301 e. The van der Waals surface area contributed by atoms with Crippen LogP contribution in [0.15, 0.2) is 0 Å². The minimum absolute atomic E-state index is 0.211. The first-order valence-corrected chi connectivity index (χ1v) is 4.13. The van der Waals surface area contributed by atoms with Crippen LogP contribution < -0.4 is 0 Å². The third-order valence-electron chi connectivity index (χ3n) is 1.68. The van der Waals surface area contributed by atoms with E-state index in [2.05, 4.69) is 18.7 Å². The summed E-state index contributed by atoms with van der Waals surface area (Å²) in [5, 5.41) is 0. The zero-order valence-corrected chi connectivity index (χ0v) is 7.07. The second kappa shape index (κ2) is 7.00. The number of alkyl halides is 1. The molecule has 0 aliphatic rings. The molecule has 0 unspecified atom stereocenters.